The number of hydrogen-bond donors (Lipinski definition) is 0. The molecule has 1 aliphatic rings. The zero-order valence-corrected chi connectivity index (χ0v) is 15.1. The van der Waals surface area contributed by atoms with E-state index in [0.717, 1.165) is 33.4 Å². The van der Waals surface area contributed by atoms with Crippen LogP contribution in [0.4, 0.5) is 0 Å². The first kappa shape index (κ1) is 16.3. The number of carbonyl (C=O) groups is 1. The van der Waals surface area contributed by atoms with E-state index in [1.54, 1.807) is 12.1 Å². The van der Waals surface area contributed by atoms with Crippen molar-refractivity contribution in [2.45, 2.75) is 6.92 Å². The molecule has 5 heteroatoms. The molecule has 1 aromatic heterocycles. The number of hydrogen-bond acceptors (Lipinski definition) is 5. The van der Waals surface area contributed by atoms with Crippen molar-refractivity contribution in [2.75, 3.05) is 0 Å². The van der Waals surface area contributed by atoms with E-state index in [9.17, 15) is 4.79 Å². The number of nitrogens with zero attached hydrogens (tertiary/aromatic N) is 3. The second-order valence-corrected chi connectivity index (χ2v) is 6.64. The van der Waals surface area contributed by atoms with Crippen molar-refractivity contribution in [1.29, 1.82) is 0 Å². The van der Waals surface area contributed by atoms with Crippen molar-refractivity contribution < 1.29 is 9.63 Å². The van der Waals surface area contributed by atoms with E-state index in [4.69, 9.17) is 14.8 Å². The van der Waals surface area contributed by atoms with E-state index < -0.39 is 5.97 Å². The fourth-order valence-electron chi connectivity index (χ4n) is 3.30. The van der Waals surface area contributed by atoms with Gasteiger partial charge in [-0.1, -0.05) is 59.3 Å². The van der Waals surface area contributed by atoms with Crippen LogP contribution in [0.15, 0.2) is 78.0 Å². The van der Waals surface area contributed by atoms with E-state index in [2.05, 4.69) is 5.16 Å². The Labute approximate surface area is 161 Å². The van der Waals surface area contributed by atoms with E-state index >= 15 is 0 Å². The van der Waals surface area contributed by atoms with Crippen molar-refractivity contribution in [3.63, 3.8) is 0 Å². The summed E-state index contributed by atoms with van der Waals surface area (Å²) in [5, 5.41) is 4.18. The predicted molar refractivity (Wildman–Crippen MR) is 107 cm³/mol. The molecule has 0 atom stereocenters. The van der Waals surface area contributed by atoms with Gasteiger partial charge in [0, 0.05) is 11.1 Å². The molecule has 28 heavy (non-hydrogen) atoms. The number of para-hydroxylation sites is 2. The van der Waals surface area contributed by atoms with Gasteiger partial charge in [0.1, 0.15) is 11.4 Å². The summed E-state index contributed by atoms with van der Waals surface area (Å²) in [7, 11) is 0. The van der Waals surface area contributed by atoms with Crippen LogP contribution in [0.5, 0.6) is 0 Å². The SMILES string of the molecule is Cc1ccc(C(=O)O/N=C2/c3ccccc3-c3nc4ccccc4nc32)cc1. The molecular weight excluding hydrogens is 350 g/mol. The number of oxime groups is 1. The largest absolute Gasteiger partial charge is 0.365 e. The maximum atomic E-state index is 12.4. The number of fused-ring (bicyclic) bond motifs is 4. The number of carbonyl (C=O) groups excluding carboxylic acids is 1. The second kappa shape index (κ2) is 6.39. The summed E-state index contributed by atoms with van der Waals surface area (Å²) in [5.74, 6) is -0.507. The Morgan fingerprint density at radius 1 is 0.786 bits per heavy atom. The zero-order chi connectivity index (χ0) is 19.1. The fraction of sp³-hybridized carbons (Fsp3) is 0.0435. The summed E-state index contributed by atoms with van der Waals surface area (Å²) in [4.78, 5) is 27.1. The molecule has 0 saturated heterocycles. The van der Waals surface area contributed by atoms with Crippen molar-refractivity contribution >= 4 is 22.7 Å². The smallest absolute Gasteiger partial charge is 0.312 e. The molecule has 0 aliphatic heterocycles. The molecule has 0 unspecified atom stereocenters. The van der Waals surface area contributed by atoms with Crippen LogP contribution in [0, 0.1) is 6.92 Å². The van der Waals surface area contributed by atoms with Gasteiger partial charge in [0.2, 0.25) is 0 Å². The molecule has 4 aromatic rings. The minimum atomic E-state index is -0.507. The molecule has 0 bridgehead atoms. The highest BCUT2D eigenvalue weighted by molar-refractivity contribution is 6.23. The van der Waals surface area contributed by atoms with Crippen LogP contribution in [0.3, 0.4) is 0 Å². The normalized spacial score (nSPS) is 13.4. The third kappa shape index (κ3) is 2.65. The molecule has 0 N–H and O–H groups in total. The Balaban J connectivity index is 1.59. The van der Waals surface area contributed by atoms with Crippen LogP contribution >= 0.6 is 0 Å². The number of benzene rings is 3. The van der Waals surface area contributed by atoms with Gasteiger partial charge in [-0.25, -0.2) is 14.8 Å². The van der Waals surface area contributed by atoms with E-state index in [1.165, 1.54) is 0 Å². The molecule has 0 spiro atoms. The first-order valence-electron chi connectivity index (χ1n) is 8.93. The van der Waals surface area contributed by atoms with Crippen molar-refractivity contribution in [1.82, 2.24) is 9.97 Å². The van der Waals surface area contributed by atoms with Crippen molar-refractivity contribution in [3.8, 4) is 11.3 Å². The van der Waals surface area contributed by atoms with Gasteiger partial charge >= 0.3 is 5.97 Å². The van der Waals surface area contributed by atoms with Crippen LogP contribution in [-0.4, -0.2) is 21.6 Å². The van der Waals surface area contributed by atoms with E-state index in [-0.39, 0.29) is 0 Å². The molecule has 0 amide bonds. The first-order chi connectivity index (χ1) is 13.7. The lowest BCUT2D eigenvalue weighted by Crippen LogP contribution is -2.07. The third-order valence-corrected chi connectivity index (χ3v) is 4.74. The highest BCUT2D eigenvalue weighted by atomic mass is 16.7. The predicted octanol–water partition coefficient (Wildman–Crippen LogP) is 4.53. The van der Waals surface area contributed by atoms with E-state index in [0.29, 0.717) is 17.0 Å². The third-order valence-electron chi connectivity index (χ3n) is 4.74. The lowest BCUT2D eigenvalue weighted by molar-refractivity contribution is 0.0517. The quantitative estimate of drug-likeness (QED) is 0.341. The van der Waals surface area contributed by atoms with Gasteiger partial charge in [0.05, 0.1) is 22.3 Å². The number of aryl methyl sites for hydroxylation is 1. The molecule has 1 aliphatic carbocycles. The maximum absolute atomic E-state index is 12.4. The first-order valence-corrected chi connectivity index (χ1v) is 8.93. The van der Waals surface area contributed by atoms with Gasteiger partial charge in [0.15, 0.2) is 0 Å². The van der Waals surface area contributed by atoms with Crippen LogP contribution in [0.2, 0.25) is 0 Å². The highest BCUT2D eigenvalue weighted by Gasteiger charge is 2.29. The molecule has 134 valence electrons. The van der Waals surface area contributed by atoms with Crippen LogP contribution < -0.4 is 0 Å². The summed E-state index contributed by atoms with van der Waals surface area (Å²) in [6.45, 7) is 1.96. The van der Waals surface area contributed by atoms with Crippen LogP contribution in [0.1, 0.15) is 27.2 Å². The average molecular weight is 365 g/mol. The van der Waals surface area contributed by atoms with Gasteiger partial charge in [-0.3, -0.25) is 0 Å². The number of rotatable bonds is 2. The summed E-state index contributed by atoms with van der Waals surface area (Å²) >= 11 is 0. The molecule has 0 radical (unpaired) electrons. The van der Waals surface area contributed by atoms with Crippen LogP contribution in [-0.2, 0) is 4.84 Å². The lowest BCUT2D eigenvalue weighted by atomic mass is 10.1. The van der Waals surface area contributed by atoms with Gasteiger partial charge in [-0.15, -0.1) is 0 Å². The Kier molecular flexibility index (Phi) is 3.72. The second-order valence-electron chi connectivity index (χ2n) is 6.64. The van der Waals surface area contributed by atoms with Gasteiger partial charge < -0.3 is 4.84 Å². The molecule has 0 saturated carbocycles. The average Bonchev–Trinajstić information content (AvgIpc) is 3.03. The topological polar surface area (TPSA) is 64.4 Å². The number of aromatic nitrogens is 2. The Hall–Kier alpha value is -3.86. The van der Waals surface area contributed by atoms with Crippen molar-refractivity contribution in [3.05, 3.63) is 95.2 Å². The molecule has 5 rings (SSSR count). The van der Waals surface area contributed by atoms with Gasteiger partial charge in [0.25, 0.3) is 0 Å². The van der Waals surface area contributed by atoms with Gasteiger partial charge in [-0.2, -0.15) is 0 Å². The molecule has 1 heterocycles. The lowest BCUT2D eigenvalue weighted by Gasteiger charge is -2.03. The van der Waals surface area contributed by atoms with Crippen molar-refractivity contribution in [2.24, 2.45) is 5.16 Å². The standard InChI is InChI=1S/C23H15N3O2/c1-14-10-12-15(13-11-14)23(27)28-26-21-17-7-3-2-6-16(17)20-22(21)25-19-9-5-4-8-18(19)24-20/h2-13H,1H3/b26-21-. The molecule has 5 nitrogen and oxygen atoms in total. The monoisotopic (exact) mass is 365 g/mol. The Morgan fingerprint density at radius 3 is 2.11 bits per heavy atom. The summed E-state index contributed by atoms with van der Waals surface area (Å²) in [6, 6.07) is 22.6. The Morgan fingerprint density at radius 2 is 1.39 bits per heavy atom. The summed E-state index contributed by atoms with van der Waals surface area (Å²) in [6.07, 6.45) is 0. The molecular formula is C23H15N3O2. The van der Waals surface area contributed by atoms with Crippen LogP contribution in [0.25, 0.3) is 22.3 Å². The maximum Gasteiger partial charge on any atom is 0.365 e. The van der Waals surface area contributed by atoms with Gasteiger partial charge in [-0.05, 0) is 31.2 Å². The fourth-order valence-corrected chi connectivity index (χ4v) is 3.30. The van der Waals surface area contributed by atoms with E-state index in [1.807, 2.05) is 67.6 Å². The summed E-state index contributed by atoms with van der Waals surface area (Å²) in [5.41, 5.74) is 6.78. The minimum Gasteiger partial charge on any atom is -0.312 e. The zero-order valence-electron chi connectivity index (χ0n) is 15.1. The Bertz CT molecular complexity index is 1260. The molecule has 0 fully saturated rings. The molecule has 3 aromatic carbocycles. The minimum absolute atomic E-state index is 0.450. The summed E-state index contributed by atoms with van der Waals surface area (Å²) < 4.78 is 0. The highest BCUT2D eigenvalue weighted by Crippen LogP contribution is 2.35.